The standard InChI is InChI=1S/C23H23F5N6O2/c1-3-4-13-15-20(32-22(33-21(15)30)34-6-5-10(34)7-14(35)36)18(25)19(31-13)11-8-12(29)17(24)9(2)16(11)23(26,27)28/h8,10H,3-7,29H2,1-2H3,(H,35,36)(H2,30,32,33). The Kier molecular flexibility index (Phi) is 6.35. The Bertz CT molecular complexity index is 1380. The normalized spacial score (nSPS) is 15.9. The Labute approximate surface area is 202 Å². The highest BCUT2D eigenvalue weighted by molar-refractivity contribution is 5.94. The van der Waals surface area contributed by atoms with E-state index in [9.17, 15) is 22.4 Å². The minimum atomic E-state index is -5.03. The zero-order valence-electron chi connectivity index (χ0n) is 19.4. The van der Waals surface area contributed by atoms with Gasteiger partial charge < -0.3 is 21.5 Å². The lowest BCUT2D eigenvalue weighted by Crippen LogP contribution is -2.49. The van der Waals surface area contributed by atoms with E-state index >= 15 is 4.39 Å². The summed E-state index contributed by atoms with van der Waals surface area (Å²) in [5.41, 5.74) is 7.37. The van der Waals surface area contributed by atoms with Gasteiger partial charge >= 0.3 is 12.1 Å². The Hall–Kier alpha value is -3.77. The number of alkyl halides is 3. The number of aryl methyl sites for hydroxylation is 1. The lowest BCUT2D eigenvalue weighted by Gasteiger charge is -2.40. The summed E-state index contributed by atoms with van der Waals surface area (Å²) in [6.45, 7) is 3.10. The van der Waals surface area contributed by atoms with E-state index in [-0.39, 0.29) is 41.2 Å². The first-order valence-electron chi connectivity index (χ1n) is 11.1. The molecule has 13 heteroatoms. The van der Waals surface area contributed by atoms with Gasteiger partial charge in [0.25, 0.3) is 0 Å². The van der Waals surface area contributed by atoms with Gasteiger partial charge in [0, 0.05) is 18.2 Å². The molecule has 4 rings (SSSR count). The van der Waals surface area contributed by atoms with Crippen molar-refractivity contribution in [3.05, 3.63) is 34.5 Å². The molecule has 0 bridgehead atoms. The Morgan fingerprint density at radius 1 is 1.19 bits per heavy atom. The Morgan fingerprint density at radius 3 is 2.44 bits per heavy atom. The SMILES string of the molecule is CCCc1nc(-c2cc(N)c(F)c(C)c2C(F)(F)F)c(F)c2nc(N3CCC3CC(=O)O)nc(N)c12. The molecule has 36 heavy (non-hydrogen) atoms. The van der Waals surface area contributed by atoms with Crippen molar-refractivity contribution >= 4 is 34.3 Å². The van der Waals surface area contributed by atoms with Gasteiger partial charge in [-0.2, -0.15) is 18.2 Å². The third kappa shape index (κ3) is 4.22. The van der Waals surface area contributed by atoms with Crippen LogP contribution in [0, 0.1) is 18.6 Å². The van der Waals surface area contributed by atoms with Gasteiger partial charge in [-0.1, -0.05) is 13.3 Å². The summed E-state index contributed by atoms with van der Waals surface area (Å²) in [5, 5.41) is 9.16. The number of nitrogens with zero attached hydrogens (tertiary/aromatic N) is 4. The maximum atomic E-state index is 15.9. The first kappa shape index (κ1) is 25.3. The second-order valence-corrected chi connectivity index (χ2v) is 8.66. The van der Waals surface area contributed by atoms with E-state index < -0.39 is 57.9 Å². The molecule has 3 aromatic rings. The zero-order chi connectivity index (χ0) is 26.5. The number of carbonyl (C=O) groups is 1. The number of nitrogens with two attached hydrogens (primary N) is 2. The molecule has 1 aliphatic heterocycles. The van der Waals surface area contributed by atoms with Crippen molar-refractivity contribution in [1.29, 1.82) is 0 Å². The number of aliphatic carboxylic acids is 1. The highest BCUT2D eigenvalue weighted by Crippen LogP contribution is 2.43. The third-order valence-electron chi connectivity index (χ3n) is 6.24. The van der Waals surface area contributed by atoms with Crippen LogP contribution < -0.4 is 16.4 Å². The summed E-state index contributed by atoms with van der Waals surface area (Å²) in [5.74, 6) is -3.67. The average molecular weight is 510 g/mol. The fourth-order valence-electron chi connectivity index (χ4n) is 4.48. The van der Waals surface area contributed by atoms with E-state index in [1.54, 1.807) is 11.8 Å². The highest BCUT2D eigenvalue weighted by Gasteiger charge is 2.39. The molecule has 192 valence electrons. The first-order chi connectivity index (χ1) is 16.8. The molecule has 0 radical (unpaired) electrons. The number of carboxylic acids is 1. The molecule has 8 nitrogen and oxygen atoms in total. The Balaban J connectivity index is 2.02. The minimum Gasteiger partial charge on any atom is -0.481 e. The van der Waals surface area contributed by atoms with E-state index in [0.717, 1.165) is 6.92 Å². The number of halogens is 5. The number of pyridine rings is 1. The lowest BCUT2D eigenvalue weighted by atomic mass is 9.95. The molecule has 5 N–H and O–H groups in total. The van der Waals surface area contributed by atoms with E-state index in [1.165, 1.54) is 0 Å². The Morgan fingerprint density at radius 2 is 1.89 bits per heavy atom. The highest BCUT2D eigenvalue weighted by atomic mass is 19.4. The fourth-order valence-corrected chi connectivity index (χ4v) is 4.48. The molecule has 0 aliphatic carbocycles. The van der Waals surface area contributed by atoms with Crippen LogP contribution in [0.4, 0.5) is 39.4 Å². The van der Waals surface area contributed by atoms with Crippen molar-refractivity contribution in [3.8, 4) is 11.3 Å². The molecular weight excluding hydrogens is 487 g/mol. The molecule has 1 aliphatic rings. The predicted octanol–water partition coefficient (Wildman–Crippen LogP) is 4.47. The van der Waals surface area contributed by atoms with Gasteiger partial charge in [-0.3, -0.25) is 4.79 Å². The number of hydrogen-bond donors (Lipinski definition) is 3. The molecular formula is C23H23F5N6O2. The molecule has 0 amide bonds. The number of anilines is 3. The van der Waals surface area contributed by atoms with Crippen LogP contribution in [-0.4, -0.2) is 38.6 Å². The van der Waals surface area contributed by atoms with Crippen molar-refractivity contribution in [1.82, 2.24) is 15.0 Å². The first-order valence-corrected chi connectivity index (χ1v) is 11.1. The maximum absolute atomic E-state index is 15.9. The maximum Gasteiger partial charge on any atom is 0.417 e. The zero-order valence-corrected chi connectivity index (χ0v) is 19.4. The molecule has 0 spiro atoms. The van der Waals surface area contributed by atoms with Crippen LogP contribution in [0.5, 0.6) is 0 Å². The summed E-state index contributed by atoms with van der Waals surface area (Å²) >= 11 is 0. The summed E-state index contributed by atoms with van der Waals surface area (Å²) in [7, 11) is 0. The molecule has 1 unspecified atom stereocenters. The summed E-state index contributed by atoms with van der Waals surface area (Å²) in [6, 6.07) is 0.275. The molecule has 3 heterocycles. The van der Waals surface area contributed by atoms with Crippen molar-refractivity contribution in [2.45, 2.75) is 51.7 Å². The summed E-state index contributed by atoms with van der Waals surface area (Å²) < 4.78 is 72.2. The van der Waals surface area contributed by atoms with E-state index in [1.807, 2.05) is 0 Å². The smallest absolute Gasteiger partial charge is 0.417 e. The predicted molar refractivity (Wildman–Crippen MR) is 123 cm³/mol. The van der Waals surface area contributed by atoms with Crippen LogP contribution in [0.2, 0.25) is 0 Å². The number of nitrogen functional groups attached to an aromatic ring is 2. The van der Waals surface area contributed by atoms with Crippen LogP contribution >= 0.6 is 0 Å². The quantitative estimate of drug-likeness (QED) is 0.327. The summed E-state index contributed by atoms with van der Waals surface area (Å²) in [6.07, 6.45) is -3.96. The van der Waals surface area contributed by atoms with Crippen molar-refractivity contribution in [3.63, 3.8) is 0 Å². The summed E-state index contributed by atoms with van der Waals surface area (Å²) in [4.78, 5) is 25.3. The number of rotatable bonds is 6. The molecule has 0 saturated carbocycles. The molecule has 1 aromatic carbocycles. The topological polar surface area (TPSA) is 131 Å². The molecule has 1 fully saturated rings. The van der Waals surface area contributed by atoms with Gasteiger partial charge in [0.05, 0.1) is 28.8 Å². The van der Waals surface area contributed by atoms with E-state index in [2.05, 4.69) is 15.0 Å². The number of carboxylic acid groups (broad SMARTS) is 1. The van der Waals surface area contributed by atoms with Crippen LogP contribution in [0.25, 0.3) is 22.2 Å². The fraction of sp³-hybridized carbons (Fsp3) is 0.391. The molecule has 1 atom stereocenters. The third-order valence-corrected chi connectivity index (χ3v) is 6.24. The van der Waals surface area contributed by atoms with E-state index in [0.29, 0.717) is 25.5 Å². The van der Waals surface area contributed by atoms with Gasteiger partial charge in [0.2, 0.25) is 5.95 Å². The number of fused-ring (bicyclic) bond motifs is 1. The van der Waals surface area contributed by atoms with Crippen molar-refractivity contribution in [2.24, 2.45) is 0 Å². The number of benzene rings is 1. The largest absolute Gasteiger partial charge is 0.481 e. The lowest BCUT2D eigenvalue weighted by molar-refractivity contribution is -0.138. The van der Waals surface area contributed by atoms with Gasteiger partial charge in [0.15, 0.2) is 5.82 Å². The van der Waals surface area contributed by atoms with Crippen molar-refractivity contribution in [2.75, 3.05) is 22.9 Å². The molecule has 2 aromatic heterocycles. The van der Waals surface area contributed by atoms with E-state index in [4.69, 9.17) is 16.6 Å². The second kappa shape index (κ2) is 9.03. The average Bonchev–Trinajstić information content (AvgIpc) is 2.75. The minimum absolute atomic E-state index is 0.0400. The van der Waals surface area contributed by atoms with Crippen molar-refractivity contribution < 1.29 is 31.9 Å². The van der Waals surface area contributed by atoms with Crippen LogP contribution in [0.3, 0.4) is 0 Å². The van der Waals surface area contributed by atoms with Gasteiger partial charge in [-0.25, -0.2) is 18.7 Å². The molecule has 1 saturated heterocycles. The van der Waals surface area contributed by atoms with Crippen LogP contribution in [-0.2, 0) is 17.4 Å². The van der Waals surface area contributed by atoms with Crippen LogP contribution in [0.15, 0.2) is 6.07 Å². The monoisotopic (exact) mass is 510 g/mol. The number of aromatic nitrogens is 3. The van der Waals surface area contributed by atoms with Crippen LogP contribution in [0.1, 0.15) is 43.0 Å². The van der Waals surface area contributed by atoms with Gasteiger partial charge in [-0.15, -0.1) is 0 Å². The number of hydrogen-bond acceptors (Lipinski definition) is 7. The van der Waals surface area contributed by atoms with Gasteiger partial charge in [0.1, 0.15) is 22.8 Å². The van der Waals surface area contributed by atoms with Gasteiger partial charge in [-0.05, 0) is 31.4 Å². The second-order valence-electron chi connectivity index (χ2n) is 8.66.